The third kappa shape index (κ3) is 2.28. The molecule has 0 fully saturated rings. The van der Waals surface area contributed by atoms with Gasteiger partial charge in [-0.15, -0.1) is 11.3 Å². The Morgan fingerprint density at radius 2 is 2.00 bits per heavy atom. The van der Waals surface area contributed by atoms with Gasteiger partial charge in [-0.05, 0) is 29.8 Å². The molecule has 1 aromatic carbocycles. The second-order valence-corrected chi connectivity index (χ2v) is 5.16. The minimum atomic E-state index is -0.388. The first-order valence-corrected chi connectivity index (χ1v) is 6.55. The number of hydrogen-bond acceptors (Lipinski definition) is 3. The minimum Gasteiger partial charge on any atom is -0.365 e. The van der Waals surface area contributed by atoms with E-state index in [9.17, 15) is 4.79 Å². The predicted octanol–water partition coefficient (Wildman–Crippen LogP) is 2.90. The van der Waals surface area contributed by atoms with Gasteiger partial charge in [0.1, 0.15) is 0 Å². The normalized spacial score (nSPS) is 10.5. The number of benzene rings is 1. The summed E-state index contributed by atoms with van der Waals surface area (Å²) in [6, 6.07) is 13.7. The molecule has 0 saturated heterocycles. The van der Waals surface area contributed by atoms with Crippen LogP contribution in [0, 0.1) is 0 Å². The maximum atomic E-state index is 11.1. The molecule has 0 spiro atoms. The fourth-order valence-electron chi connectivity index (χ4n) is 1.88. The molecule has 0 saturated carbocycles. The number of aromatic amines is 1. The molecule has 0 aliphatic heterocycles. The molecule has 2 heterocycles. The third-order valence-electron chi connectivity index (χ3n) is 2.81. The number of H-pyrrole nitrogens is 1. The van der Waals surface area contributed by atoms with Crippen molar-refractivity contribution >= 4 is 17.2 Å². The van der Waals surface area contributed by atoms with Crippen LogP contribution in [0.3, 0.4) is 0 Å². The number of primary amides is 1. The average molecular weight is 269 g/mol. The van der Waals surface area contributed by atoms with E-state index in [1.807, 2.05) is 30.3 Å². The Labute approximate surface area is 113 Å². The first kappa shape index (κ1) is 11.7. The van der Waals surface area contributed by atoms with Gasteiger partial charge in [0.15, 0.2) is 0 Å². The summed E-state index contributed by atoms with van der Waals surface area (Å²) in [5, 5.41) is 6.88. The fourth-order valence-corrected chi connectivity index (χ4v) is 2.74. The zero-order valence-corrected chi connectivity index (χ0v) is 10.8. The van der Waals surface area contributed by atoms with Gasteiger partial charge in [0.25, 0.3) is 5.91 Å². The summed E-state index contributed by atoms with van der Waals surface area (Å²) in [6.07, 6.45) is 1.72. The largest absolute Gasteiger partial charge is 0.365 e. The van der Waals surface area contributed by atoms with Gasteiger partial charge in [0.05, 0.1) is 10.6 Å². The number of aromatic nitrogens is 2. The molecule has 3 rings (SSSR count). The van der Waals surface area contributed by atoms with Crippen LogP contribution in [0.4, 0.5) is 0 Å². The van der Waals surface area contributed by atoms with Gasteiger partial charge in [0, 0.05) is 16.6 Å². The summed E-state index contributed by atoms with van der Waals surface area (Å²) in [6.45, 7) is 0. The van der Waals surface area contributed by atoms with Crippen LogP contribution in [-0.4, -0.2) is 16.1 Å². The van der Waals surface area contributed by atoms with Crippen molar-refractivity contribution in [3.05, 3.63) is 53.5 Å². The second kappa shape index (κ2) is 4.70. The van der Waals surface area contributed by atoms with E-state index in [1.54, 1.807) is 12.3 Å². The van der Waals surface area contributed by atoms with E-state index in [4.69, 9.17) is 5.73 Å². The molecule has 2 aromatic heterocycles. The number of nitrogens with one attached hydrogen (secondary N) is 1. The van der Waals surface area contributed by atoms with E-state index in [0.717, 1.165) is 21.7 Å². The van der Waals surface area contributed by atoms with Crippen molar-refractivity contribution in [3.8, 4) is 21.7 Å². The zero-order valence-electron chi connectivity index (χ0n) is 9.96. The highest BCUT2D eigenvalue weighted by Crippen LogP contribution is 2.30. The molecule has 94 valence electrons. The number of rotatable bonds is 3. The molecule has 0 radical (unpaired) electrons. The zero-order chi connectivity index (χ0) is 13.2. The number of carbonyl (C=O) groups excluding carboxylic acids is 1. The Hall–Kier alpha value is -2.40. The van der Waals surface area contributed by atoms with E-state index in [1.165, 1.54) is 11.3 Å². The molecule has 1 amide bonds. The molecule has 3 aromatic rings. The highest BCUT2D eigenvalue weighted by Gasteiger charge is 2.08. The Kier molecular flexibility index (Phi) is 2.89. The van der Waals surface area contributed by atoms with Crippen molar-refractivity contribution in [3.63, 3.8) is 0 Å². The van der Waals surface area contributed by atoms with Crippen LogP contribution in [0.2, 0.25) is 0 Å². The van der Waals surface area contributed by atoms with E-state index >= 15 is 0 Å². The highest BCUT2D eigenvalue weighted by molar-refractivity contribution is 7.17. The Morgan fingerprint density at radius 3 is 2.68 bits per heavy atom. The lowest BCUT2D eigenvalue weighted by Gasteiger charge is -2.01. The number of nitrogens with zero attached hydrogens (tertiary/aromatic N) is 1. The summed E-state index contributed by atoms with van der Waals surface area (Å²) in [7, 11) is 0. The smallest absolute Gasteiger partial charge is 0.258 e. The standard InChI is InChI=1S/C14H11N3OS/c15-14(18)13-5-4-12(19-13)10-3-1-2-9(8-10)11-6-7-16-17-11/h1-8H,(H2,15,18)(H,16,17). The molecule has 0 aliphatic rings. The molecule has 0 unspecified atom stereocenters. The second-order valence-electron chi connectivity index (χ2n) is 4.08. The first-order valence-electron chi connectivity index (χ1n) is 5.74. The maximum absolute atomic E-state index is 11.1. The first-order chi connectivity index (χ1) is 9.24. The van der Waals surface area contributed by atoms with Gasteiger partial charge in [-0.1, -0.05) is 18.2 Å². The Morgan fingerprint density at radius 1 is 1.16 bits per heavy atom. The molecule has 4 nitrogen and oxygen atoms in total. The maximum Gasteiger partial charge on any atom is 0.258 e. The third-order valence-corrected chi connectivity index (χ3v) is 3.96. The van der Waals surface area contributed by atoms with Crippen molar-refractivity contribution in [1.29, 1.82) is 0 Å². The topological polar surface area (TPSA) is 71.8 Å². The van der Waals surface area contributed by atoms with Crippen LogP contribution in [0.15, 0.2) is 48.7 Å². The molecule has 0 atom stereocenters. The molecule has 0 bridgehead atoms. The lowest BCUT2D eigenvalue weighted by molar-refractivity contribution is 0.100. The van der Waals surface area contributed by atoms with Crippen LogP contribution >= 0.6 is 11.3 Å². The summed E-state index contributed by atoms with van der Waals surface area (Å²) in [4.78, 5) is 12.7. The minimum absolute atomic E-state index is 0.388. The molecular formula is C14H11N3OS. The van der Waals surface area contributed by atoms with Crippen LogP contribution in [0.25, 0.3) is 21.7 Å². The Balaban J connectivity index is 2.01. The van der Waals surface area contributed by atoms with E-state index in [0.29, 0.717) is 4.88 Å². The summed E-state index contributed by atoms with van der Waals surface area (Å²) in [5.74, 6) is -0.388. The lowest BCUT2D eigenvalue weighted by atomic mass is 10.1. The van der Waals surface area contributed by atoms with Crippen LogP contribution in [0.1, 0.15) is 9.67 Å². The van der Waals surface area contributed by atoms with Crippen molar-refractivity contribution in [2.24, 2.45) is 5.73 Å². The average Bonchev–Trinajstić information content (AvgIpc) is 3.10. The molecule has 3 N–H and O–H groups in total. The van der Waals surface area contributed by atoms with Crippen molar-refractivity contribution in [1.82, 2.24) is 10.2 Å². The van der Waals surface area contributed by atoms with Gasteiger partial charge in [-0.3, -0.25) is 9.89 Å². The van der Waals surface area contributed by atoms with Crippen LogP contribution in [-0.2, 0) is 0 Å². The van der Waals surface area contributed by atoms with Gasteiger partial charge in [-0.2, -0.15) is 5.10 Å². The van der Waals surface area contributed by atoms with Crippen molar-refractivity contribution < 1.29 is 4.79 Å². The van der Waals surface area contributed by atoms with Crippen LogP contribution < -0.4 is 5.73 Å². The molecular weight excluding hydrogens is 258 g/mol. The van der Waals surface area contributed by atoms with Crippen molar-refractivity contribution in [2.45, 2.75) is 0 Å². The Bertz CT molecular complexity index is 716. The number of nitrogens with two attached hydrogens (primary N) is 1. The molecule has 19 heavy (non-hydrogen) atoms. The van der Waals surface area contributed by atoms with Gasteiger partial charge >= 0.3 is 0 Å². The summed E-state index contributed by atoms with van der Waals surface area (Å²) < 4.78 is 0. The summed E-state index contributed by atoms with van der Waals surface area (Å²) >= 11 is 1.40. The number of thiophene rings is 1. The van der Waals surface area contributed by atoms with Crippen LogP contribution in [0.5, 0.6) is 0 Å². The lowest BCUT2D eigenvalue weighted by Crippen LogP contribution is -2.07. The summed E-state index contributed by atoms with van der Waals surface area (Å²) in [5.41, 5.74) is 8.36. The quantitative estimate of drug-likeness (QED) is 0.767. The highest BCUT2D eigenvalue weighted by atomic mass is 32.1. The van der Waals surface area contributed by atoms with Gasteiger partial charge in [0.2, 0.25) is 0 Å². The van der Waals surface area contributed by atoms with E-state index in [2.05, 4.69) is 16.3 Å². The van der Waals surface area contributed by atoms with Gasteiger partial charge in [-0.25, -0.2) is 0 Å². The molecule has 5 heteroatoms. The number of carbonyl (C=O) groups is 1. The van der Waals surface area contributed by atoms with E-state index < -0.39 is 0 Å². The fraction of sp³-hybridized carbons (Fsp3) is 0. The number of amides is 1. The predicted molar refractivity (Wildman–Crippen MR) is 75.9 cm³/mol. The molecule has 0 aliphatic carbocycles. The van der Waals surface area contributed by atoms with Crippen molar-refractivity contribution in [2.75, 3.05) is 0 Å². The number of hydrogen-bond donors (Lipinski definition) is 2. The van der Waals surface area contributed by atoms with Gasteiger partial charge < -0.3 is 5.73 Å². The van der Waals surface area contributed by atoms with E-state index in [-0.39, 0.29) is 5.91 Å². The SMILES string of the molecule is NC(=O)c1ccc(-c2cccc(-c3ccn[nH]3)c2)s1. The monoisotopic (exact) mass is 269 g/mol.